The Balaban J connectivity index is 2.07. The minimum Gasteiger partial charge on any atom is -0.507 e. The molecule has 0 amide bonds. The molecule has 6 heteroatoms. The number of hydrogen-bond acceptors (Lipinski definition) is 6. The summed E-state index contributed by atoms with van der Waals surface area (Å²) in [4.78, 5) is 16.9. The molecule has 3 rings (SSSR count). The molecule has 0 saturated carbocycles. The number of methoxy groups -OCH3 is 1. The summed E-state index contributed by atoms with van der Waals surface area (Å²) in [6.07, 6.45) is 1.60. The lowest BCUT2D eigenvalue weighted by molar-refractivity contribution is -0.135. The average Bonchev–Trinajstić information content (AvgIpc) is 2.92. The number of carbonyl (C=O) groups excluding carboxylic acids is 1. The van der Waals surface area contributed by atoms with Gasteiger partial charge in [0.25, 0.3) is 0 Å². The Kier molecular flexibility index (Phi) is 4.90. The summed E-state index contributed by atoms with van der Waals surface area (Å²) < 4.78 is 4.77. The summed E-state index contributed by atoms with van der Waals surface area (Å²) in [5.41, 5.74) is 1.20. The Hall–Kier alpha value is -2.99. The molecule has 126 valence electrons. The van der Waals surface area contributed by atoms with Crippen molar-refractivity contribution in [2.45, 2.75) is 0 Å². The van der Waals surface area contributed by atoms with E-state index in [1.54, 1.807) is 42.5 Å². The van der Waals surface area contributed by atoms with Crippen LogP contribution in [0.15, 0.2) is 75.8 Å². The highest BCUT2D eigenvalue weighted by atomic mass is 32.2. The van der Waals surface area contributed by atoms with Gasteiger partial charge in [0.05, 0.1) is 17.7 Å². The highest BCUT2D eigenvalue weighted by Crippen LogP contribution is 2.40. The number of aromatic hydroxyl groups is 1. The number of thioether (sulfide) groups is 1. The molecule has 1 aliphatic heterocycles. The predicted octanol–water partition coefficient (Wildman–Crippen LogP) is 4.20. The lowest BCUT2D eigenvalue weighted by Crippen LogP contribution is -2.10. The molecule has 0 aromatic heterocycles. The minimum atomic E-state index is -0.666. The number of para-hydroxylation sites is 2. The van der Waals surface area contributed by atoms with E-state index in [2.05, 4.69) is 4.99 Å². The van der Waals surface area contributed by atoms with E-state index in [1.165, 1.54) is 7.11 Å². The van der Waals surface area contributed by atoms with Crippen LogP contribution in [0.5, 0.6) is 5.75 Å². The number of phenolic OH excluding ortho intramolecular Hbond substituents is 1. The number of aliphatic hydroxyl groups is 1. The van der Waals surface area contributed by atoms with Gasteiger partial charge in [0.2, 0.25) is 0 Å². The molecule has 1 heterocycles. The van der Waals surface area contributed by atoms with E-state index >= 15 is 0 Å². The van der Waals surface area contributed by atoms with Crippen molar-refractivity contribution in [2.75, 3.05) is 7.11 Å². The maximum Gasteiger partial charge on any atom is 0.344 e. The van der Waals surface area contributed by atoms with E-state index in [1.807, 2.05) is 18.2 Å². The van der Waals surface area contributed by atoms with Gasteiger partial charge < -0.3 is 14.9 Å². The molecule has 1 aliphatic rings. The molecule has 0 fully saturated rings. The molecule has 2 N–H and O–H groups in total. The van der Waals surface area contributed by atoms with E-state index in [0.717, 1.165) is 11.8 Å². The molecule has 5 nitrogen and oxygen atoms in total. The van der Waals surface area contributed by atoms with Crippen LogP contribution in [0.4, 0.5) is 5.69 Å². The summed E-state index contributed by atoms with van der Waals surface area (Å²) in [5.74, 6) is -0.799. The lowest BCUT2D eigenvalue weighted by atomic mass is 10.1. The summed E-state index contributed by atoms with van der Waals surface area (Å²) >= 11 is 1.14. The normalized spacial score (nSPS) is 17.3. The number of ether oxygens (including phenoxy) is 1. The Morgan fingerprint density at radius 1 is 1.08 bits per heavy atom. The number of rotatable bonds is 3. The summed E-state index contributed by atoms with van der Waals surface area (Å²) in [6.45, 7) is 0. The van der Waals surface area contributed by atoms with Crippen molar-refractivity contribution < 1.29 is 19.7 Å². The number of esters is 1. The minimum absolute atomic E-state index is 0.0121. The molecule has 0 spiro atoms. The van der Waals surface area contributed by atoms with Crippen LogP contribution in [-0.4, -0.2) is 28.3 Å². The largest absolute Gasteiger partial charge is 0.507 e. The lowest BCUT2D eigenvalue weighted by Gasteiger charge is -2.01. The highest BCUT2D eigenvalue weighted by molar-refractivity contribution is 8.18. The predicted molar refractivity (Wildman–Crippen MR) is 98.9 cm³/mol. The molecule has 2 aromatic carbocycles. The Morgan fingerprint density at radius 3 is 2.44 bits per heavy atom. The van der Waals surface area contributed by atoms with Gasteiger partial charge in [-0.2, -0.15) is 0 Å². The SMILES string of the molecule is COC(=O)C1=C(O)/C(=C\c2ccccc2O)SC1=Nc1ccccc1. The molecule has 0 aliphatic carbocycles. The zero-order valence-electron chi connectivity index (χ0n) is 13.3. The smallest absolute Gasteiger partial charge is 0.344 e. The van der Waals surface area contributed by atoms with Gasteiger partial charge in [-0.25, -0.2) is 9.79 Å². The molecule has 0 bridgehead atoms. The molecule has 25 heavy (non-hydrogen) atoms. The van der Waals surface area contributed by atoms with Gasteiger partial charge in [0.1, 0.15) is 22.1 Å². The zero-order chi connectivity index (χ0) is 17.8. The highest BCUT2D eigenvalue weighted by Gasteiger charge is 2.33. The van der Waals surface area contributed by atoms with Gasteiger partial charge in [-0.1, -0.05) is 48.2 Å². The Bertz CT molecular complexity index is 901. The average molecular weight is 353 g/mol. The number of nitrogens with zero attached hydrogens (tertiary/aromatic N) is 1. The van der Waals surface area contributed by atoms with E-state index < -0.39 is 5.97 Å². The van der Waals surface area contributed by atoms with Crippen molar-refractivity contribution in [3.8, 4) is 5.75 Å². The van der Waals surface area contributed by atoms with Crippen molar-refractivity contribution in [1.29, 1.82) is 0 Å². The quantitative estimate of drug-likeness (QED) is 0.809. The van der Waals surface area contributed by atoms with Gasteiger partial charge in [0.15, 0.2) is 0 Å². The number of phenols is 1. The van der Waals surface area contributed by atoms with Crippen molar-refractivity contribution in [3.63, 3.8) is 0 Å². The standard InChI is InChI=1S/C19H15NO4S/c1-24-19(23)16-17(22)15(11-12-7-5-6-10-14(12)21)25-18(16)20-13-8-3-2-4-9-13/h2-11,21-22H,1H3/b15-11+,20-18?. The first kappa shape index (κ1) is 16.9. The molecule has 0 radical (unpaired) electrons. The number of aliphatic hydroxyl groups excluding tert-OH is 1. The summed E-state index contributed by atoms with van der Waals surface area (Å²) in [5, 5.41) is 20.7. The van der Waals surface area contributed by atoms with Crippen LogP contribution in [0, 0.1) is 0 Å². The second-order valence-corrected chi connectivity index (χ2v) is 6.17. The second kappa shape index (κ2) is 7.27. The third-order valence-electron chi connectivity index (χ3n) is 3.49. The maximum atomic E-state index is 12.1. The fourth-order valence-electron chi connectivity index (χ4n) is 2.26. The first-order valence-corrected chi connectivity index (χ1v) is 8.25. The number of benzene rings is 2. The van der Waals surface area contributed by atoms with E-state index in [4.69, 9.17) is 4.74 Å². The Labute approximate surface area is 149 Å². The van der Waals surface area contributed by atoms with Crippen LogP contribution < -0.4 is 0 Å². The van der Waals surface area contributed by atoms with Crippen LogP contribution >= 0.6 is 11.8 Å². The monoisotopic (exact) mass is 353 g/mol. The number of hydrogen-bond donors (Lipinski definition) is 2. The van der Waals surface area contributed by atoms with Crippen LogP contribution in [0.1, 0.15) is 5.56 Å². The summed E-state index contributed by atoms with van der Waals surface area (Å²) in [7, 11) is 1.25. The van der Waals surface area contributed by atoms with Crippen LogP contribution in [-0.2, 0) is 9.53 Å². The first-order chi connectivity index (χ1) is 12.1. The molecule has 0 saturated heterocycles. The molecular weight excluding hydrogens is 338 g/mol. The van der Waals surface area contributed by atoms with E-state index in [0.29, 0.717) is 21.2 Å². The topological polar surface area (TPSA) is 79.1 Å². The molecule has 0 unspecified atom stereocenters. The van der Waals surface area contributed by atoms with Crippen molar-refractivity contribution in [3.05, 3.63) is 76.4 Å². The van der Waals surface area contributed by atoms with Gasteiger partial charge >= 0.3 is 5.97 Å². The third kappa shape index (κ3) is 3.59. The van der Waals surface area contributed by atoms with Gasteiger partial charge in [-0.3, -0.25) is 0 Å². The van der Waals surface area contributed by atoms with Gasteiger partial charge in [-0.15, -0.1) is 0 Å². The van der Waals surface area contributed by atoms with Crippen molar-refractivity contribution in [1.82, 2.24) is 0 Å². The summed E-state index contributed by atoms with van der Waals surface area (Å²) in [6, 6.07) is 15.9. The zero-order valence-corrected chi connectivity index (χ0v) is 14.2. The van der Waals surface area contributed by atoms with E-state index in [-0.39, 0.29) is 17.1 Å². The first-order valence-electron chi connectivity index (χ1n) is 7.43. The molecule has 2 aromatic rings. The fraction of sp³-hybridized carbons (Fsp3) is 0.0526. The van der Waals surface area contributed by atoms with Crippen LogP contribution in [0.3, 0.4) is 0 Å². The third-order valence-corrected chi connectivity index (χ3v) is 4.51. The van der Waals surface area contributed by atoms with Crippen LogP contribution in [0.2, 0.25) is 0 Å². The molecular formula is C19H15NO4S. The molecule has 0 atom stereocenters. The van der Waals surface area contributed by atoms with Crippen molar-refractivity contribution in [2.24, 2.45) is 4.99 Å². The van der Waals surface area contributed by atoms with Gasteiger partial charge in [-0.05, 0) is 24.3 Å². The fourth-order valence-corrected chi connectivity index (χ4v) is 3.29. The van der Waals surface area contributed by atoms with Crippen molar-refractivity contribution >= 4 is 34.5 Å². The van der Waals surface area contributed by atoms with E-state index in [9.17, 15) is 15.0 Å². The maximum absolute atomic E-state index is 12.1. The van der Waals surface area contributed by atoms with Gasteiger partial charge in [0, 0.05) is 5.56 Å². The van der Waals surface area contributed by atoms with Crippen LogP contribution in [0.25, 0.3) is 6.08 Å². The number of aliphatic imine (C=N–C) groups is 1. The second-order valence-electron chi connectivity index (χ2n) is 5.14. The Morgan fingerprint density at radius 2 is 1.76 bits per heavy atom. The number of carbonyl (C=O) groups is 1.